The second kappa shape index (κ2) is 4.18. The van der Waals surface area contributed by atoms with E-state index in [4.69, 9.17) is 0 Å². The van der Waals surface area contributed by atoms with E-state index in [-0.39, 0.29) is 11.2 Å². The molecule has 15 heavy (non-hydrogen) atoms. The first-order chi connectivity index (χ1) is 7.36. The molecule has 2 saturated heterocycles. The molecule has 2 heterocycles. The van der Waals surface area contributed by atoms with Crippen molar-refractivity contribution >= 4 is 29.4 Å². The molecule has 0 aromatic rings. The maximum absolute atomic E-state index is 11.9. The van der Waals surface area contributed by atoms with Crippen molar-refractivity contribution in [1.82, 2.24) is 10.6 Å². The van der Waals surface area contributed by atoms with Gasteiger partial charge in [0.1, 0.15) is 0 Å². The van der Waals surface area contributed by atoms with Crippen molar-refractivity contribution in [3.63, 3.8) is 0 Å². The third-order valence-electron chi connectivity index (χ3n) is 3.51. The molecule has 2 aliphatic heterocycles. The highest BCUT2D eigenvalue weighted by Crippen LogP contribution is 2.41. The molecule has 1 amide bonds. The van der Waals surface area contributed by atoms with Crippen LogP contribution in [0.5, 0.6) is 0 Å². The fraction of sp³-hybridized carbons (Fsp3) is 0.900. The molecule has 3 rings (SSSR count). The number of hydrogen-bond acceptors (Lipinski definition) is 4. The fourth-order valence-corrected chi connectivity index (χ4v) is 5.09. The van der Waals surface area contributed by atoms with Gasteiger partial charge in [0.05, 0.1) is 5.25 Å². The molecule has 3 atom stereocenters. The van der Waals surface area contributed by atoms with E-state index >= 15 is 0 Å². The third-order valence-corrected chi connectivity index (χ3v) is 6.26. The van der Waals surface area contributed by atoms with Crippen molar-refractivity contribution in [1.29, 1.82) is 0 Å². The lowest BCUT2D eigenvalue weighted by atomic mass is 10.3. The Hall–Kier alpha value is 0.130. The van der Waals surface area contributed by atoms with E-state index in [9.17, 15) is 4.79 Å². The number of rotatable bonds is 2. The highest BCUT2D eigenvalue weighted by Gasteiger charge is 2.53. The van der Waals surface area contributed by atoms with E-state index in [0.717, 1.165) is 36.4 Å². The summed E-state index contributed by atoms with van der Waals surface area (Å²) in [6.07, 6.45) is 0. The van der Waals surface area contributed by atoms with Crippen LogP contribution in [0.3, 0.4) is 0 Å². The second-order valence-corrected chi connectivity index (χ2v) is 6.92. The zero-order chi connectivity index (χ0) is 10.3. The molecule has 1 saturated carbocycles. The van der Waals surface area contributed by atoms with E-state index in [0.29, 0.717) is 6.04 Å². The SMILES string of the molecule is O=C(NC1C2CNCC21)C1CSCCS1. The van der Waals surface area contributed by atoms with Gasteiger partial charge in [-0.1, -0.05) is 0 Å². The van der Waals surface area contributed by atoms with Crippen LogP contribution in [0.1, 0.15) is 0 Å². The van der Waals surface area contributed by atoms with Crippen LogP contribution in [0.15, 0.2) is 0 Å². The monoisotopic (exact) mass is 244 g/mol. The summed E-state index contributed by atoms with van der Waals surface area (Å²) in [6, 6.07) is 0.492. The summed E-state index contributed by atoms with van der Waals surface area (Å²) in [5.41, 5.74) is 0. The van der Waals surface area contributed by atoms with Crippen LogP contribution in [-0.4, -0.2) is 47.5 Å². The topological polar surface area (TPSA) is 41.1 Å². The van der Waals surface area contributed by atoms with Crippen LogP contribution < -0.4 is 10.6 Å². The minimum Gasteiger partial charge on any atom is -0.352 e. The highest BCUT2D eigenvalue weighted by atomic mass is 32.2. The molecule has 0 bridgehead atoms. The molecule has 0 aromatic heterocycles. The molecule has 3 nitrogen and oxygen atoms in total. The molecule has 3 fully saturated rings. The third kappa shape index (κ3) is 2.01. The maximum atomic E-state index is 11.9. The number of fused-ring (bicyclic) bond motifs is 1. The number of piperidine rings is 1. The Balaban J connectivity index is 1.49. The lowest BCUT2D eigenvalue weighted by molar-refractivity contribution is -0.120. The van der Waals surface area contributed by atoms with Crippen LogP contribution in [0.25, 0.3) is 0 Å². The van der Waals surface area contributed by atoms with Gasteiger partial charge < -0.3 is 10.6 Å². The van der Waals surface area contributed by atoms with Crippen molar-refractivity contribution in [2.45, 2.75) is 11.3 Å². The predicted octanol–water partition coefficient (Wildman–Crippen LogP) is 0.169. The Kier molecular flexibility index (Phi) is 2.87. The summed E-state index contributed by atoms with van der Waals surface area (Å²) in [5.74, 6) is 5.07. The van der Waals surface area contributed by atoms with Crippen LogP contribution in [-0.2, 0) is 4.79 Å². The fourth-order valence-electron chi connectivity index (χ4n) is 2.53. The molecule has 5 heteroatoms. The van der Waals surface area contributed by atoms with Crippen molar-refractivity contribution < 1.29 is 4.79 Å². The van der Waals surface area contributed by atoms with Gasteiger partial charge in [-0.05, 0) is 11.8 Å². The van der Waals surface area contributed by atoms with Gasteiger partial charge in [0.15, 0.2) is 0 Å². The van der Waals surface area contributed by atoms with Crippen LogP contribution >= 0.6 is 23.5 Å². The van der Waals surface area contributed by atoms with E-state index in [1.165, 1.54) is 5.75 Å². The van der Waals surface area contributed by atoms with Crippen molar-refractivity contribution in [2.24, 2.45) is 11.8 Å². The normalized spacial score (nSPS) is 43.5. The van der Waals surface area contributed by atoms with E-state index in [1.54, 1.807) is 0 Å². The van der Waals surface area contributed by atoms with Gasteiger partial charge >= 0.3 is 0 Å². The summed E-state index contributed by atoms with van der Waals surface area (Å²) in [7, 11) is 0. The molecule has 84 valence electrons. The lowest BCUT2D eigenvalue weighted by Crippen LogP contribution is -2.40. The standard InChI is InChI=1S/C10H16N2OS2/c13-10(8-5-14-1-2-15-8)12-9-6-3-11-4-7(6)9/h6-9,11H,1-5H2,(H,12,13). The van der Waals surface area contributed by atoms with Gasteiger partial charge in [-0.3, -0.25) is 4.79 Å². The number of amides is 1. The smallest absolute Gasteiger partial charge is 0.234 e. The molecular formula is C10H16N2OS2. The number of hydrogen-bond donors (Lipinski definition) is 2. The van der Waals surface area contributed by atoms with Crippen molar-refractivity contribution in [3.05, 3.63) is 0 Å². The first kappa shape index (κ1) is 10.3. The van der Waals surface area contributed by atoms with Gasteiger partial charge in [0.25, 0.3) is 0 Å². The number of thioether (sulfide) groups is 2. The van der Waals surface area contributed by atoms with Gasteiger partial charge in [-0.15, -0.1) is 11.8 Å². The quantitative estimate of drug-likeness (QED) is 0.726. The summed E-state index contributed by atoms with van der Waals surface area (Å²) >= 11 is 3.73. The predicted molar refractivity (Wildman–Crippen MR) is 65.4 cm³/mol. The van der Waals surface area contributed by atoms with Gasteiger partial charge in [-0.25, -0.2) is 0 Å². The Morgan fingerprint density at radius 3 is 2.73 bits per heavy atom. The maximum Gasteiger partial charge on any atom is 0.234 e. The Bertz CT molecular complexity index is 258. The molecule has 0 aromatic carbocycles. The second-order valence-electron chi connectivity index (χ2n) is 4.45. The van der Waals surface area contributed by atoms with Crippen LogP contribution in [0.4, 0.5) is 0 Å². The Morgan fingerprint density at radius 2 is 2.07 bits per heavy atom. The van der Waals surface area contributed by atoms with E-state index in [2.05, 4.69) is 10.6 Å². The van der Waals surface area contributed by atoms with E-state index < -0.39 is 0 Å². The molecule has 1 aliphatic carbocycles. The first-order valence-corrected chi connectivity index (χ1v) is 7.77. The molecule has 0 spiro atoms. The minimum atomic E-state index is 0.207. The number of carbonyl (C=O) groups excluding carboxylic acids is 1. The Labute approximate surface area is 98.5 Å². The number of nitrogens with one attached hydrogen (secondary N) is 2. The van der Waals surface area contributed by atoms with E-state index in [1.807, 2.05) is 23.5 Å². The van der Waals surface area contributed by atoms with Crippen LogP contribution in [0, 0.1) is 11.8 Å². The average Bonchev–Trinajstić information content (AvgIpc) is 2.75. The molecular weight excluding hydrogens is 228 g/mol. The molecule has 3 unspecified atom stereocenters. The highest BCUT2D eigenvalue weighted by molar-refractivity contribution is 8.07. The zero-order valence-electron chi connectivity index (χ0n) is 8.57. The Morgan fingerprint density at radius 1 is 1.27 bits per heavy atom. The molecule has 3 aliphatic rings. The van der Waals surface area contributed by atoms with Gasteiger partial charge in [-0.2, -0.15) is 11.8 Å². The molecule has 2 N–H and O–H groups in total. The number of carbonyl (C=O) groups is 1. The van der Waals surface area contributed by atoms with Crippen molar-refractivity contribution in [2.75, 3.05) is 30.3 Å². The summed E-state index contributed by atoms with van der Waals surface area (Å²) < 4.78 is 0. The van der Waals surface area contributed by atoms with Crippen molar-refractivity contribution in [3.8, 4) is 0 Å². The zero-order valence-corrected chi connectivity index (χ0v) is 10.2. The minimum absolute atomic E-state index is 0.207. The summed E-state index contributed by atoms with van der Waals surface area (Å²) in [5, 5.41) is 6.76. The van der Waals surface area contributed by atoms with Gasteiger partial charge in [0, 0.05) is 36.4 Å². The first-order valence-electron chi connectivity index (χ1n) is 5.57. The summed E-state index contributed by atoms with van der Waals surface area (Å²) in [4.78, 5) is 11.9. The lowest BCUT2D eigenvalue weighted by Gasteiger charge is -2.20. The average molecular weight is 244 g/mol. The largest absolute Gasteiger partial charge is 0.352 e. The van der Waals surface area contributed by atoms with Gasteiger partial charge in [0.2, 0.25) is 5.91 Å². The molecule has 0 radical (unpaired) electrons. The van der Waals surface area contributed by atoms with Crippen LogP contribution in [0.2, 0.25) is 0 Å². The summed E-state index contributed by atoms with van der Waals surface area (Å²) in [6.45, 7) is 2.20.